The van der Waals surface area contributed by atoms with E-state index in [9.17, 15) is 28.0 Å². The number of pyridine rings is 2. The number of nitrogen functional groups attached to an aromatic ring is 1. The van der Waals surface area contributed by atoms with E-state index in [0.29, 0.717) is 65.6 Å². The van der Waals surface area contributed by atoms with Gasteiger partial charge in [0.1, 0.15) is 34.5 Å². The second kappa shape index (κ2) is 22.5. The maximum absolute atomic E-state index is 13.2. The Morgan fingerprint density at radius 1 is 0.627 bits per heavy atom. The molecule has 2 fully saturated rings. The molecule has 8 heterocycles. The molecule has 0 aliphatic carbocycles. The highest BCUT2D eigenvalue weighted by atomic mass is 35.5. The number of halogens is 3. The summed E-state index contributed by atoms with van der Waals surface area (Å²) in [5.41, 5.74) is 10.2. The molecule has 2 aliphatic heterocycles. The molecule has 3 amide bonds. The van der Waals surface area contributed by atoms with Crippen LogP contribution in [-0.2, 0) is 9.47 Å². The molecule has 6 aromatic heterocycles. The average Bonchev–Trinajstić information content (AvgIpc) is 4.22. The van der Waals surface area contributed by atoms with Gasteiger partial charge >= 0.3 is 12.2 Å². The van der Waals surface area contributed by atoms with Crippen molar-refractivity contribution in [1.82, 2.24) is 59.7 Å². The van der Waals surface area contributed by atoms with Gasteiger partial charge in [0.15, 0.2) is 11.3 Å². The van der Waals surface area contributed by atoms with Crippen LogP contribution < -0.4 is 11.1 Å². The minimum absolute atomic E-state index is 0.170. The SMILES string of the molecule is CC(C)(C)OC(=O)N1CCC(n2cc(-c3cnc4n[nH]c(N)c4c3)cn2)CC1.CC(C)(C)OC(=O)N1CCC(n2cc(-c3cnc4n[nH]c(NC(=O)c5ccc(F)cc5)c4c3)cn2)CC1.O=C(Cl)c1ccc(F)cc1. The largest absolute Gasteiger partial charge is 0.444 e. The second-order valence-electron chi connectivity index (χ2n) is 20.0. The minimum atomic E-state index is -0.569. The molecule has 0 radical (unpaired) electrons. The third-order valence-electron chi connectivity index (χ3n) is 12.1. The average molecular weight is 1050 g/mol. The first-order valence-electron chi connectivity index (χ1n) is 24.2. The number of aromatic amines is 2. The number of rotatable bonds is 7. The normalized spacial score (nSPS) is 14.4. The number of nitrogens with one attached hydrogen (secondary N) is 3. The van der Waals surface area contributed by atoms with E-state index in [4.69, 9.17) is 26.8 Å². The summed E-state index contributed by atoms with van der Waals surface area (Å²) in [5, 5.41) is 26.5. The highest BCUT2D eigenvalue weighted by Crippen LogP contribution is 2.31. The van der Waals surface area contributed by atoms with Gasteiger partial charge in [0.05, 0.1) is 35.2 Å². The molecule has 0 bridgehead atoms. The Bertz CT molecular complexity index is 3290. The van der Waals surface area contributed by atoms with E-state index in [2.05, 4.69) is 45.9 Å². The predicted molar refractivity (Wildman–Crippen MR) is 278 cm³/mol. The van der Waals surface area contributed by atoms with Gasteiger partial charge in [0.2, 0.25) is 0 Å². The number of anilines is 2. The number of carbonyl (C=O) groups is 4. The Kier molecular flexibility index (Phi) is 15.9. The van der Waals surface area contributed by atoms with Gasteiger partial charge in [-0.3, -0.25) is 29.2 Å². The summed E-state index contributed by atoms with van der Waals surface area (Å²) >= 11 is 5.09. The Morgan fingerprint density at radius 2 is 1.05 bits per heavy atom. The zero-order valence-electron chi connectivity index (χ0n) is 42.2. The van der Waals surface area contributed by atoms with Gasteiger partial charge in [-0.05, 0) is 139 Å². The van der Waals surface area contributed by atoms with Crippen molar-refractivity contribution in [3.63, 3.8) is 0 Å². The molecule has 0 unspecified atom stereocenters. The maximum Gasteiger partial charge on any atom is 0.410 e. The van der Waals surface area contributed by atoms with E-state index in [0.717, 1.165) is 53.3 Å². The van der Waals surface area contributed by atoms with Gasteiger partial charge in [0, 0.05) is 84.3 Å². The molecule has 75 heavy (non-hydrogen) atoms. The third-order valence-corrected chi connectivity index (χ3v) is 12.3. The monoisotopic (exact) mass is 1050 g/mol. The number of nitrogens with zero attached hydrogens (tertiary/aromatic N) is 10. The fourth-order valence-corrected chi connectivity index (χ4v) is 8.38. The van der Waals surface area contributed by atoms with Crippen molar-refractivity contribution in [2.75, 3.05) is 37.2 Å². The van der Waals surface area contributed by atoms with E-state index < -0.39 is 22.3 Å². The van der Waals surface area contributed by atoms with Crippen LogP contribution in [0.5, 0.6) is 0 Å². The quantitative estimate of drug-likeness (QED) is 0.109. The zero-order valence-corrected chi connectivity index (χ0v) is 42.9. The van der Waals surface area contributed by atoms with Crippen LogP contribution in [0.2, 0.25) is 0 Å². The summed E-state index contributed by atoms with van der Waals surface area (Å²) in [7, 11) is 0. The maximum atomic E-state index is 13.2. The number of carbonyl (C=O) groups excluding carboxylic acids is 4. The lowest BCUT2D eigenvalue weighted by atomic mass is 10.1. The summed E-state index contributed by atoms with van der Waals surface area (Å²) in [6.45, 7) is 13.8. The lowest BCUT2D eigenvalue weighted by Crippen LogP contribution is -2.42. The second-order valence-corrected chi connectivity index (χ2v) is 20.3. The van der Waals surface area contributed by atoms with Crippen molar-refractivity contribution in [2.24, 2.45) is 0 Å². The summed E-state index contributed by atoms with van der Waals surface area (Å²) in [4.78, 5) is 59.8. The summed E-state index contributed by atoms with van der Waals surface area (Å²) < 4.78 is 40.2. The lowest BCUT2D eigenvalue weighted by Gasteiger charge is -2.33. The molecular weight excluding hydrogens is 990 g/mol. The number of piperidine rings is 2. The van der Waals surface area contributed by atoms with Gasteiger partial charge in [-0.2, -0.15) is 20.4 Å². The molecule has 0 spiro atoms. The summed E-state index contributed by atoms with van der Waals surface area (Å²) in [5.74, 6) is -0.262. The number of ether oxygens (including phenoxy) is 2. The van der Waals surface area contributed by atoms with Gasteiger partial charge in [-0.25, -0.2) is 28.3 Å². The summed E-state index contributed by atoms with van der Waals surface area (Å²) in [6, 6.07) is 14.6. The minimum Gasteiger partial charge on any atom is -0.444 e. The molecule has 2 aliphatic rings. The number of aromatic nitrogens is 10. The first kappa shape index (κ1) is 53.0. The van der Waals surface area contributed by atoms with Crippen LogP contribution in [0.3, 0.4) is 0 Å². The van der Waals surface area contributed by atoms with Crippen molar-refractivity contribution in [1.29, 1.82) is 0 Å². The summed E-state index contributed by atoms with van der Waals surface area (Å²) in [6.07, 6.45) is 13.8. The number of hydrogen-bond acceptors (Lipinski definition) is 13. The Hall–Kier alpha value is -8.27. The van der Waals surface area contributed by atoms with Crippen LogP contribution >= 0.6 is 11.6 Å². The number of nitrogens with two attached hydrogens (primary N) is 1. The predicted octanol–water partition coefficient (Wildman–Crippen LogP) is 9.97. The number of fused-ring (bicyclic) bond motifs is 2. The number of hydrogen-bond donors (Lipinski definition) is 4. The highest BCUT2D eigenvalue weighted by Gasteiger charge is 2.30. The Balaban J connectivity index is 0.000000172. The molecule has 20 nitrogen and oxygen atoms in total. The molecule has 2 aromatic carbocycles. The highest BCUT2D eigenvalue weighted by molar-refractivity contribution is 6.67. The molecule has 0 atom stereocenters. The van der Waals surface area contributed by atoms with Gasteiger partial charge < -0.3 is 30.3 Å². The van der Waals surface area contributed by atoms with Crippen LogP contribution in [0, 0.1) is 11.6 Å². The van der Waals surface area contributed by atoms with E-state index in [1.54, 1.807) is 28.4 Å². The molecule has 2 saturated heterocycles. The molecular formula is C52H57ClF2N14O6. The first-order chi connectivity index (χ1) is 35.7. The van der Waals surface area contributed by atoms with Crippen molar-refractivity contribution in [2.45, 2.75) is 90.5 Å². The number of likely N-dealkylation sites (tertiary alicyclic amines) is 2. The van der Waals surface area contributed by atoms with Crippen molar-refractivity contribution in [3.05, 3.63) is 121 Å². The van der Waals surface area contributed by atoms with Gasteiger partial charge in [-0.1, -0.05) is 0 Å². The van der Waals surface area contributed by atoms with Crippen molar-refractivity contribution < 1.29 is 37.4 Å². The van der Waals surface area contributed by atoms with Crippen LogP contribution in [0.1, 0.15) is 100 Å². The molecule has 392 valence electrons. The van der Waals surface area contributed by atoms with Crippen LogP contribution in [0.15, 0.2) is 97.8 Å². The smallest absolute Gasteiger partial charge is 0.410 e. The Morgan fingerprint density at radius 3 is 1.51 bits per heavy atom. The van der Waals surface area contributed by atoms with E-state index in [1.807, 2.05) is 81.6 Å². The van der Waals surface area contributed by atoms with Crippen LogP contribution in [0.4, 0.5) is 30.0 Å². The molecule has 23 heteroatoms. The third kappa shape index (κ3) is 13.7. The molecule has 10 rings (SSSR count). The first-order valence-corrected chi connectivity index (χ1v) is 24.5. The fraction of sp³-hybridized carbons (Fsp3) is 0.346. The van der Waals surface area contributed by atoms with Crippen molar-refractivity contribution >= 4 is 68.6 Å². The van der Waals surface area contributed by atoms with Crippen LogP contribution in [-0.4, -0.2) is 120 Å². The fourth-order valence-electron chi connectivity index (χ4n) is 8.25. The van der Waals surface area contributed by atoms with Crippen LogP contribution in [0.25, 0.3) is 44.3 Å². The zero-order chi connectivity index (χ0) is 53.6. The van der Waals surface area contributed by atoms with Gasteiger partial charge in [0.25, 0.3) is 11.1 Å². The van der Waals surface area contributed by atoms with Crippen molar-refractivity contribution in [3.8, 4) is 22.3 Å². The molecule has 5 N–H and O–H groups in total. The molecule has 8 aromatic rings. The number of H-pyrrole nitrogens is 2. The Labute approximate surface area is 434 Å². The van der Waals surface area contributed by atoms with Gasteiger partial charge in [-0.15, -0.1) is 0 Å². The number of benzene rings is 2. The van der Waals surface area contributed by atoms with E-state index >= 15 is 0 Å². The lowest BCUT2D eigenvalue weighted by molar-refractivity contribution is 0.0174. The molecule has 0 saturated carbocycles. The standard InChI is InChI=1S/C26H28FN7O3.C19H25N7O2.C7H4ClFO/c1-26(2,3)37-25(36)33-10-8-20(9-11-33)34-15-18(14-29-34)17-12-21-22(28-13-17)31-32-23(21)30-24(35)16-4-6-19(27)7-5-16;1-19(2,3)28-18(27)25-6-4-14(5-7-25)26-11-13(10-22-26)12-8-15-16(20)23-24-17(15)21-9-12;8-7(10)5-1-3-6(9)4-2-5/h4-7,12-15,20H,8-11H2,1-3H3,(H2,28,30,31,32,35);8-11,14H,4-7H2,1-3H3,(H3,20,21,23,24);1-4H. The van der Waals surface area contributed by atoms with E-state index in [1.165, 1.54) is 48.5 Å². The topological polar surface area (TPSA) is 250 Å². The van der Waals surface area contributed by atoms with E-state index in [-0.39, 0.29) is 36.0 Å². The number of amides is 3.